The lowest BCUT2D eigenvalue weighted by atomic mass is 10.1. The Morgan fingerprint density at radius 2 is 1.95 bits per heavy atom. The Morgan fingerprint density at radius 3 is 2.60 bits per heavy atom. The molecule has 104 valence electrons. The van der Waals surface area contributed by atoms with Crippen LogP contribution in [0.2, 0.25) is 5.15 Å². The van der Waals surface area contributed by atoms with Gasteiger partial charge in [-0.15, -0.1) is 10.1 Å². The molecule has 0 fully saturated rings. The van der Waals surface area contributed by atoms with Crippen LogP contribution in [-0.4, -0.2) is 15.1 Å². The molecular weight excluding hydrogens is 284 g/mol. The van der Waals surface area contributed by atoms with Crippen molar-refractivity contribution in [2.75, 3.05) is 5.73 Å². The van der Waals surface area contributed by atoms with Crippen LogP contribution >= 0.6 is 11.6 Å². The summed E-state index contributed by atoms with van der Waals surface area (Å²) in [6.07, 6.45) is 1.03. The number of hydrogen-bond acceptors (Lipinski definition) is 6. The molecule has 0 bridgehead atoms. The first-order chi connectivity index (χ1) is 9.56. The maximum atomic E-state index is 10.5. The van der Waals surface area contributed by atoms with Crippen LogP contribution in [0.5, 0.6) is 5.75 Å². The van der Waals surface area contributed by atoms with E-state index in [1.165, 1.54) is 0 Å². The van der Waals surface area contributed by atoms with Crippen LogP contribution in [0.1, 0.15) is 11.3 Å². The van der Waals surface area contributed by atoms with E-state index in [4.69, 9.17) is 17.3 Å². The molecule has 0 amide bonds. The van der Waals surface area contributed by atoms with E-state index >= 15 is 0 Å². The molecule has 20 heavy (non-hydrogen) atoms. The second-order valence-corrected chi connectivity index (χ2v) is 4.31. The van der Waals surface area contributed by atoms with Crippen LogP contribution in [0.15, 0.2) is 30.3 Å². The molecule has 0 saturated heterocycles. The average molecular weight is 295 g/mol. The van der Waals surface area contributed by atoms with Gasteiger partial charge in [0.05, 0.1) is 5.69 Å². The van der Waals surface area contributed by atoms with Crippen LogP contribution in [0.25, 0.3) is 0 Å². The highest BCUT2D eigenvalue weighted by atomic mass is 35.5. The molecule has 0 aliphatic rings. The topological polar surface area (TPSA) is 104 Å². The van der Waals surface area contributed by atoms with Crippen molar-refractivity contribution in [3.63, 3.8) is 0 Å². The molecule has 7 nitrogen and oxygen atoms in total. The van der Waals surface area contributed by atoms with Crippen molar-refractivity contribution < 1.29 is 9.92 Å². The zero-order chi connectivity index (χ0) is 14.5. The van der Waals surface area contributed by atoms with Gasteiger partial charge in [0.2, 0.25) is 5.95 Å². The monoisotopic (exact) mass is 294 g/mol. The number of nitrogens with zero attached hydrogens (tertiary/aromatic N) is 3. The molecule has 0 aliphatic carbocycles. The molecule has 2 rings (SSSR count). The highest BCUT2D eigenvalue weighted by Gasteiger charge is 2.16. The number of hydrogen-bond donors (Lipinski definition) is 1. The van der Waals surface area contributed by atoms with Crippen molar-refractivity contribution in [3.8, 4) is 5.75 Å². The van der Waals surface area contributed by atoms with Gasteiger partial charge in [-0.3, -0.25) is 4.84 Å². The quantitative estimate of drug-likeness (QED) is 0.514. The van der Waals surface area contributed by atoms with Gasteiger partial charge in [0.25, 0.3) is 5.09 Å². The summed E-state index contributed by atoms with van der Waals surface area (Å²) in [5, 5.41) is 9.35. The minimum Gasteiger partial charge on any atom is -0.368 e. The van der Waals surface area contributed by atoms with Gasteiger partial charge in [0.15, 0.2) is 10.9 Å². The first kappa shape index (κ1) is 14.0. The number of benzene rings is 1. The highest BCUT2D eigenvalue weighted by Crippen LogP contribution is 2.27. The zero-order valence-corrected chi connectivity index (χ0v) is 11.1. The molecule has 0 aliphatic heterocycles. The lowest BCUT2D eigenvalue weighted by molar-refractivity contribution is -0.711. The van der Waals surface area contributed by atoms with E-state index in [0.717, 1.165) is 5.56 Å². The van der Waals surface area contributed by atoms with E-state index in [1.54, 1.807) is 0 Å². The van der Waals surface area contributed by atoms with Crippen LogP contribution in [0.4, 0.5) is 5.95 Å². The molecule has 2 N–H and O–H groups in total. The Bertz CT molecular complexity index is 622. The van der Waals surface area contributed by atoms with Crippen molar-refractivity contribution in [1.82, 2.24) is 9.97 Å². The lowest BCUT2D eigenvalue weighted by Gasteiger charge is -2.08. The fraction of sp³-hybridized carbons (Fsp3) is 0.167. The Morgan fingerprint density at radius 1 is 1.25 bits per heavy atom. The molecule has 1 aromatic carbocycles. The Hall–Kier alpha value is -2.41. The van der Waals surface area contributed by atoms with E-state index in [0.29, 0.717) is 18.5 Å². The molecule has 0 radical (unpaired) electrons. The van der Waals surface area contributed by atoms with E-state index < -0.39 is 5.09 Å². The molecule has 0 saturated carbocycles. The fourth-order valence-electron chi connectivity index (χ4n) is 1.73. The van der Waals surface area contributed by atoms with Gasteiger partial charge in [-0.05, 0) is 18.4 Å². The Labute approximate surface area is 119 Å². The summed E-state index contributed by atoms with van der Waals surface area (Å²) < 4.78 is 0. The SMILES string of the molecule is Nc1nc(Cl)c(O[N+](=O)[O-])c(CCc2ccccc2)n1. The molecule has 1 aromatic heterocycles. The summed E-state index contributed by atoms with van der Waals surface area (Å²) in [7, 11) is 0. The van der Waals surface area contributed by atoms with Gasteiger partial charge in [-0.25, -0.2) is 4.98 Å². The van der Waals surface area contributed by atoms with Crippen molar-refractivity contribution in [2.45, 2.75) is 12.8 Å². The molecule has 2 aromatic rings. The maximum absolute atomic E-state index is 10.5. The number of aryl methyl sites for hydroxylation is 2. The minimum absolute atomic E-state index is 0.0474. The number of aromatic nitrogens is 2. The van der Waals surface area contributed by atoms with Gasteiger partial charge < -0.3 is 5.73 Å². The van der Waals surface area contributed by atoms with Crippen molar-refractivity contribution in [1.29, 1.82) is 0 Å². The molecule has 0 atom stereocenters. The summed E-state index contributed by atoms with van der Waals surface area (Å²) in [5.74, 6) is -0.212. The third-order valence-corrected chi connectivity index (χ3v) is 2.83. The van der Waals surface area contributed by atoms with Crippen molar-refractivity contribution in [2.24, 2.45) is 0 Å². The molecular formula is C12H11ClN4O3. The van der Waals surface area contributed by atoms with E-state index in [-0.39, 0.29) is 16.9 Å². The largest absolute Gasteiger partial charge is 0.368 e. The first-order valence-corrected chi connectivity index (χ1v) is 6.12. The van der Waals surface area contributed by atoms with Crippen molar-refractivity contribution >= 4 is 17.5 Å². The molecule has 0 spiro atoms. The first-order valence-electron chi connectivity index (χ1n) is 5.74. The van der Waals surface area contributed by atoms with Crippen LogP contribution in [0, 0.1) is 10.1 Å². The number of nitrogen functional groups attached to an aromatic ring is 1. The molecule has 1 heterocycles. The van der Waals surface area contributed by atoms with Crippen LogP contribution in [-0.2, 0) is 12.8 Å². The maximum Gasteiger partial charge on any atom is 0.299 e. The summed E-state index contributed by atoms with van der Waals surface area (Å²) in [6.45, 7) is 0. The molecule has 8 heteroatoms. The Balaban J connectivity index is 2.23. The van der Waals surface area contributed by atoms with Gasteiger partial charge >= 0.3 is 0 Å². The van der Waals surface area contributed by atoms with E-state index in [9.17, 15) is 10.1 Å². The van der Waals surface area contributed by atoms with E-state index in [1.807, 2.05) is 30.3 Å². The standard InChI is InChI=1S/C12H11ClN4O3/c13-11-10(20-17(18)19)9(15-12(14)16-11)7-6-8-4-2-1-3-5-8/h1-5H,6-7H2,(H2,14,15,16). The normalized spacial score (nSPS) is 10.2. The second kappa shape index (κ2) is 6.16. The third kappa shape index (κ3) is 3.55. The lowest BCUT2D eigenvalue weighted by Crippen LogP contribution is -2.11. The van der Waals surface area contributed by atoms with Gasteiger partial charge in [-0.2, -0.15) is 4.98 Å². The van der Waals surface area contributed by atoms with Crippen LogP contribution < -0.4 is 10.6 Å². The number of halogens is 1. The Kier molecular flexibility index (Phi) is 4.31. The summed E-state index contributed by atoms with van der Waals surface area (Å²) in [4.78, 5) is 22.5. The summed E-state index contributed by atoms with van der Waals surface area (Å²) in [6, 6.07) is 9.61. The fourth-order valence-corrected chi connectivity index (χ4v) is 1.96. The predicted octanol–water partition coefficient (Wildman–Crippen LogP) is 2.07. The smallest absolute Gasteiger partial charge is 0.299 e. The number of rotatable bonds is 5. The third-order valence-electron chi connectivity index (χ3n) is 2.57. The number of anilines is 1. The van der Waals surface area contributed by atoms with Crippen LogP contribution in [0.3, 0.4) is 0 Å². The number of nitrogens with two attached hydrogens (primary N) is 1. The summed E-state index contributed by atoms with van der Waals surface area (Å²) in [5.41, 5.74) is 6.87. The summed E-state index contributed by atoms with van der Waals surface area (Å²) >= 11 is 5.80. The molecule has 0 unspecified atom stereocenters. The highest BCUT2D eigenvalue weighted by molar-refractivity contribution is 6.31. The average Bonchev–Trinajstić information content (AvgIpc) is 2.40. The van der Waals surface area contributed by atoms with Crippen molar-refractivity contribution in [3.05, 3.63) is 56.9 Å². The van der Waals surface area contributed by atoms with Gasteiger partial charge in [-0.1, -0.05) is 41.9 Å². The minimum atomic E-state index is -0.952. The second-order valence-electron chi connectivity index (χ2n) is 3.95. The van der Waals surface area contributed by atoms with Gasteiger partial charge in [0.1, 0.15) is 0 Å². The van der Waals surface area contributed by atoms with E-state index in [2.05, 4.69) is 14.8 Å². The van der Waals surface area contributed by atoms with Gasteiger partial charge in [0, 0.05) is 0 Å². The zero-order valence-electron chi connectivity index (χ0n) is 10.3. The predicted molar refractivity (Wildman–Crippen MR) is 72.9 cm³/mol.